The third kappa shape index (κ3) is 2.99. The molecule has 1 aliphatic heterocycles. The summed E-state index contributed by atoms with van der Waals surface area (Å²) in [6.45, 7) is 3.69. The summed E-state index contributed by atoms with van der Waals surface area (Å²) in [6, 6.07) is 8.39. The first kappa shape index (κ1) is 17.1. The summed E-state index contributed by atoms with van der Waals surface area (Å²) >= 11 is 0. The van der Waals surface area contributed by atoms with Crippen molar-refractivity contribution in [1.29, 1.82) is 0 Å². The van der Waals surface area contributed by atoms with E-state index in [1.54, 1.807) is 18.0 Å². The van der Waals surface area contributed by atoms with Crippen LogP contribution in [0.2, 0.25) is 0 Å². The molecule has 0 spiro atoms. The standard InChI is InChI=1S/C19H18F2N2O2/c1-19(2)13-8-11(4-7-16(13)23(3)18(19)25)9-17(24)22-15-6-5-12(20)10-14(15)21/h4-8,10H,9H2,1-3H3,(H,22,24). The van der Waals surface area contributed by atoms with Crippen LogP contribution in [0.15, 0.2) is 36.4 Å². The smallest absolute Gasteiger partial charge is 0.236 e. The Morgan fingerprint density at radius 3 is 2.56 bits per heavy atom. The van der Waals surface area contributed by atoms with Gasteiger partial charge in [-0.05, 0) is 43.2 Å². The molecule has 0 saturated heterocycles. The van der Waals surface area contributed by atoms with Crippen LogP contribution in [0.4, 0.5) is 20.2 Å². The molecule has 0 radical (unpaired) electrons. The van der Waals surface area contributed by atoms with Gasteiger partial charge in [0.15, 0.2) is 0 Å². The zero-order valence-electron chi connectivity index (χ0n) is 14.2. The Kier molecular flexibility index (Phi) is 4.06. The average molecular weight is 344 g/mol. The van der Waals surface area contributed by atoms with Gasteiger partial charge in [-0.25, -0.2) is 8.78 Å². The summed E-state index contributed by atoms with van der Waals surface area (Å²) in [4.78, 5) is 26.1. The van der Waals surface area contributed by atoms with Gasteiger partial charge in [0.1, 0.15) is 11.6 Å². The van der Waals surface area contributed by atoms with Crippen molar-refractivity contribution >= 4 is 23.2 Å². The minimum absolute atomic E-state index is 0.00233. The van der Waals surface area contributed by atoms with Gasteiger partial charge in [0, 0.05) is 18.8 Å². The quantitative estimate of drug-likeness (QED) is 0.928. The maximum atomic E-state index is 13.6. The second-order valence-electron chi connectivity index (χ2n) is 6.69. The predicted octanol–water partition coefficient (Wildman–Crippen LogP) is 3.40. The van der Waals surface area contributed by atoms with Crippen LogP contribution in [-0.2, 0) is 21.4 Å². The molecule has 0 fully saturated rings. The number of hydrogen-bond donors (Lipinski definition) is 1. The minimum atomic E-state index is -0.823. The molecule has 4 nitrogen and oxygen atoms in total. The van der Waals surface area contributed by atoms with Crippen molar-refractivity contribution in [2.75, 3.05) is 17.3 Å². The Morgan fingerprint density at radius 1 is 1.16 bits per heavy atom. The molecule has 0 atom stereocenters. The van der Waals surface area contributed by atoms with E-state index in [1.165, 1.54) is 6.07 Å². The maximum Gasteiger partial charge on any atom is 0.236 e. The van der Waals surface area contributed by atoms with Crippen molar-refractivity contribution in [3.05, 3.63) is 59.2 Å². The van der Waals surface area contributed by atoms with E-state index in [4.69, 9.17) is 0 Å². The van der Waals surface area contributed by atoms with E-state index in [0.29, 0.717) is 0 Å². The normalized spacial score (nSPS) is 15.2. The number of hydrogen-bond acceptors (Lipinski definition) is 2. The summed E-state index contributed by atoms with van der Waals surface area (Å²) in [7, 11) is 1.72. The van der Waals surface area contributed by atoms with Crippen LogP contribution in [0.25, 0.3) is 0 Å². The Morgan fingerprint density at radius 2 is 1.88 bits per heavy atom. The van der Waals surface area contributed by atoms with Crippen LogP contribution in [0.3, 0.4) is 0 Å². The first-order valence-corrected chi connectivity index (χ1v) is 7.86. The lowest BCUT2D eigenvalue weighted by atomic mass is 9.85. The number of carbonyl (C=O) groups excluding carboxylic acids is 2. The number of rotatable bonds is 3. The molecule has 1 aliphatic rings. The first-order chi connectivity index (χ1) is 11.7. The lowest BCUT2D eigenvalue weighted by Crippen LogP contribution is -2.33. The molecule has 2 amide bonds. The SMILES string of the molecule is CN1C(=O)C(C)(C)c2cc(CC(=O)Nc3ccc(F)cc3F)ccc21. The molecule has 6 heteroatoms. The van der Waals surface area contributed by atoms with Gasteiger partial charge in [0.05, 0.1) is 17.5 Å². The fraction of sp³-hybridized carbons (Fsp3) is 0.263. The third-order valence-electron chi connectivity index (χ3n) is 4.50. The van der Waals surface area contributed by atoms with Crippen molar-refractivity contribution in [2.24, 2.45) is 0 Å². The highest BCUT2D eigenvalue weighted by molar-refractivity contribution is 6.07. The monoisotopic (exact) mass is 344 g/mol. The molecule has 2 aromatic rings. The lowest BCUT2D eigenvalue weighted by molar-refractivity contribution is -0.121. The van der Waals surface area contributed by atoms with E-state index in [0.717, 1.165) is 28.9 Å². The molecule has 0 aromatic heterocycles. The number of nitrogens with one attached hydrogen (secondary N) is 1. The van der Waals surface area contributed by atoms with Gasteiger partial charge < -0.3 is 10.2 Å². The summed E-state index contributed by atoms with van der Waals surface area (Å²) in [6.07, 6.45) is 0.0259. The van der Waals surface area contributed by atoms with Gasteiger partial charge >= 0.3 is 0 Å². The van der Waals surface area contributed by atoms with E-state index in [-0.39, 0.29) is 18.0 Å². The molecule has 2 aromatic carbocycles. The number of amides is 2. The van der Waals surface area contributed by atoms with Crippen LogP contribution in [0.5, 0.6) is 0 Å². The van der Waals surface area contributed by atoms with Crippen LogP contribution >= 0.6 is 0 Å². The molecule has 1 N–H and O–H groups in total. The first-order valence-electron chi connectivity index (χ1n) is 7.86. The van der Waals surface area contributed by atoms with Crippen LogP contribution in [0, 0.1) is 11.6 Å². The largest absolute Gasteiger partial charge is 0.323 e. The second-order valence-corrected chi connectivity index (χ2v) is 6.69. The van der Waals surface area contributed by atoms with Gasteiger partial charge in [0.25, 0.3) is 0 Å². The van der Waals surface area contributed by atoms with Crippen molar-refractivity contribution in [3.63, 3.8) is 0 Å². The van der Waals surface area contributed by atoms with Gasteiger partial charge in [-0.15, -0.1) is 0 Å². The summed E-state index contributed by atoms with van der Waals surface area (Å²) in [5.74, 6) is -1.95. The van der Waals surface area contributed by atoms with Gasteiger partial charge in [-0.3, -0.25) is 9.59 Å². The number of halogens is 2. The molecule has 0 bridgehead atoms. The van der Waals surface area contributed by atoms with E-state index in [2.05, 4.69) is 5.32 Å². The molecule has 3 rings (SSSR count). The summed E-state index contributed by atoms with van der Waals surface area (Å²) in [5.41, 5.74) is 1.68. The highest BCUT2D eigenvalue weighted by atomic mass is 19.1. The summed E-state index contributed by atoms with van der Waals surface area (Å²) < 4.78 is 26.5. The Hall–Kier alpha value is -2.76. The summed E-state index contributed by atoms with van der Waals surface area (Å²) in [5, 5.41) is 2.43. The van der Waals surface area contributed by atoms with Crippen LogP contribution in [-0.4, -0.2) is 18.9 Å². The average Bonchev–Trinajstić information content (AvgIpc) is 2.71. The molecule has 25 heavy (non-hydrogen) atoms. The fourth-order valence-electron chi connectivity index (χ4n) is 3.10. The molecule has 1 heterocycles. The number of fused-ring (bicyclic) bond motifs is 1. The highest BCUT2D eigenvalue weighted by Gasteiger charge is 2.42. The van der Waals surface area contributed by atoms with Crippen LogP contribution < -0.4 is 10.2 Å². The molecule has 0 aliphatic carbocycles. The van der Waals surface area contributed by atoms with Crippen LogP contribution in [0.1, 0.15) is 25.0 Å². The maximum absolute atomic E-state index is 13.6. The highest BCUT2D eigenvalue weighted by Crippen LogP contribution is 2.41. The number of anilines is 2. The van der Waals surface area contributed by atoms with Crippen molar-refractivity contribution in [2.45, 2.75) is 25.7 Å². The molecular weight excluding hydrogens is 326 g/mol. The van der Waals surface area contributed by atoms with E-state index in [1.807, 2.05) is 26.0 Å². The zero-order valence-corrected chi connectivity index (χ0v) is 14.2. The van der Waals surface area contributed by atoms with Crippen molar-refractivity contribution < 1.29 is 18.4 Å². The number of carbonyl (C=O) groups is 2. The van der Waals surface area contributed by atoms with Gasteiger partial charge in [-0.2, -0.15) is 0 Å². The topological polar surface area (TPSA) is 49.4 Å². The molecule has 0 saturated carbocycles. The third-order valence-corrected chi connectivity index (χ3v) is 4.50. The minimum Gasteiger partial charge on any atom is -0.323 e. The Bertz CT molecular complexity index is 878. The second kappa shape index (κ2) is 5.95. The Balaban J connectivity index is 1.79. The predicted molar refractivity (Wildman–Crippen MR) is 91.6 cm³/mol. The van der Waals surface area contributed by atoms with E-state index in [9.17, 15) is 18.4 Å². The number of benzene rings is 2. The lowest BCUT2D eigenvalue weighted by Gasteiger charge is -2.16. The zero-order chi connectivity index (χ0) is 18.4. The molecule has 130 valence electrons. The van der Waals surface area contributed by atoms with Gasteiger partial charge in [-0.1, -0.05) is 12.1 Å². The Labute approximate surface area is 144 Å². The molecule has 0 unspecified atom stereocenters. The number of likely N-dealkylation sites (N-methyl/N-ethyl adjacent to an activating group) is 1. The number of nitrogens with zero attached hydrogens (tertiary/aromatic N) is 1. The van der Waals surface area contributed by atoms with Gasteiger partial charge in [0.2, 0.25) is 11.8 Å². The van der Waals surface area contributed by atoms with Crippen molar-refractivity contribution in [3.8, 4) is 0 Å². The fourth-order valence-corrected chi connectivity index (χ4v) is 3.10. The van der Waals surface area contributed by atoms with E-state index >= 15 is 0 Å². The van der Waals surface area contributed by atoms with E-state index < -0.39 is 23.0 Å². The molecular formula is C19H18F2N2O2. The van der Waals surface area contributed by atoms with Crippen molar-refractivity contribution in [1.82, 2.24) is 0 Å².